The molecule has 0 spiro atoms. The van der Waals surface area contributed by atoms with Crippen LogP contribution in [0.15, 0.2) is 39.8 Å². The number of hydrogen-bond acceptors (Lipinski definition) is 3. The van der Waals surface area contributed by atoms with Gasteiger partial charge in [-0.25, -0.2) is 0 Å². The van der Waals surface area contributed by atoms with Gasteiger partial charge in [0.2, 0.25) is 0 Å². The van der Waals surface area contributed by atoms with Crippen molar-refractivity contribution >= 4 is 27.7 Å². The van der Waals surface area contributed by atoms with Crippen LogP contribution in [0.3, 0.4) is 0 Å². The van der Waals surface area contributed by atoms with Crippen LogP contribution < -0.4 is 5.32 Å². The predicted octanol–water partition coefficient (Wildman–Crippen LogP) is 4.32. The molecule has 0 radical (unpaired) electrons. The second-order valence-corrected chi connectivity index (χ2v) is 7.08. The van der Waals surface area contributed by atoms with Gasteiger partial charge in [0.15, 0.2) is 0 Å². The number of halogens is 1. The van der Waals surface area contributed by atoms with Gasteiger partial charge in [0, 0.05) is 17.7 Å². The summed E-state index contributed by atoms with van der Waals surface area (Å²) in [5.41, 5.74) is 2.52. The predicted molar refractivity (Wildman–Crippen MR) is 93.8 cm³/mol. The number of hydrogen-bond donors (Lipinski definition) is 1. The first-order chi connectivity index (χ1) is 10.1. The summed E-state index contributed by atoms with van der Waals surface area (Å²) in [4.78, 5) is 1.32. The summed E-state index contributed by atoms with van der Waals surface area (Å²) in [5.74, 6) is 0.988. The standard InChI is InChI=1S/C16H22BrN3S/c1-4-8-18-15(16-14(17)10-19-20(16)3)11-21-13-7-5-6-12(2)9-13/h5-7,9-10,15,18H,4,8,11H2,1-3H3. The lowest BCUT2D eigenvalue weighted by Crippen LogP contribution is -2.26. The maximum Gasteiger partial charge on any atom is 0.0700 e. The number of thioether (sulfide) groups is 1. The Morgan fingerprint density at radius 3 is 2.86 bits per heavy atom. The molecule has 2 aromatic rings. The molecular weight excluding hydrogens is 346 g/mol. The summed E-state index contributed by atoms with van der Waals surface area (Å²) in [6.07, 6.45) is 2.99. The van der Waals surface area contributed by atoms with E-state index in [-0.39, 0.29) is 6.04 Å². The van der Waals surface area contributed by atoms with E-state index in [4.69, 9.17) is 0 Å². The molecule has 2 rings (SSSR count). The van der Waals surface area contributed by atoms with Crippen molar-refractivity contribution in [2.45, 2.75) is 31.2 Å². The zero-order valence-electron chi connectivity index (χ0n) is 12.8. The third kappa shape index (κ3) is 4.59. The Kier molecular flexibility index (Phi) is 6.33. The van der Waals surface area contributed by atoms with Crippen LogP contribution in [0.1, 0.15) is 30.6 Å². The molecule has 0 saturated heterocycles. The minimum absolute atomic E-state index is 0.289. The van der Waals surface area contributed by atoms with E-state index < -0.39 is 0 Å². The number of nitrogens with one attached hydrogen (secondary N) is 1. The maximum atomic E-state index is 4.33. The van der Waals surface area contributed by atoms with Gasteiger partial charge in [-0.3, -0.25) is 4.68 Å². The van der Waals surface area contributed by atoms with Crippen molar-refractivity contribution in [1.29, 1.82) is 0 Å². The van der Waals surface area contributed by atoms with E-state index in [9.17, 15) is 0 Å². The Bertz CT molecular complexity index is 563. The Balaban J connectivity index is 2.10. The van der Waals surface area contributed by atoms with E-state index in [0.29, 0.717) is 0 Å². The van der Waals surface area contributed by atoms with Crippen molar-refractivity contribution in [2.24, 2.45) is 7.05 Å². The number of nitrogens with zero attached hydrogens (tertiary/aromatic N) is 2. The molecular formula is C16H22BrN3S. The van der Waals surface area contributed by atoms with E-state index in [0.717, 1.165) is 23.2 Å². The Labute approximate surface area is 139 Å². The number of rotatable bonds is 7. The fraction of sp³-hybridized carbons (Fsp3) is 0.438. The molecule has 1 aromatic heterocycles. The second-order valence-electron chi connectivity index (χ2n) is 5.14. The first kappa shape index (κ1) is 16.6. The van der Waals surface area contributed by atoms with E-state index in [1.165, 1.54) is 16.2 Å². The summed E-state index contributed by atoms with van der Waals surface area (Å²) in [6.45, 7) is 5.33. The van der Waals surface area contributed by atoms with Crippen LogP contribution >= 0.6 is 27.7 Å². The molecule has 21 heavy (non-hydrogen) atoms. The molecule has 0 aliphatic carbocycles. The summed E-state index contributed by atoms with van der Waals surface area (Å²) >= 11 is 5.50. The Hall–Kier alpha value is -0.780. The van der Waals surface area contributed by atoms with Crippen molar-refractivity contribution in [3.05, 3.63) is 46.2 Å². The topological polar surface area (TPSA) is 29.9 Å². The van der Waals surface area contributed by atoms with Gasteiger partial charge in [-0.15, -0.1) is 11.8 Å². The smallest absolute Gasteiger partial charge is 0.0700 e. The molecule has 0 amide bonds. The molecule has 0 aliphatic rings. The van der Waals surface area contributed by atoms with Gasteiger partial charge < -0.3 is 5.32 Å². The van der Waals surface area contributed by atoms with Gasteiger partial charge >= 0.3 is 0 Å². The largest absolute Gasteiger partial charge is 0.308 e. The molecule has 1 unspecified atom stereocenters. The summed E-state index contributed by atoms with van der Waals surface area (Å²) in [6, 6.07) is 8.95. The molecule has 1 N–H and O–H groups in total. The molecule has 0 fully saturated rings. The van der Waals surface area contributed by atoms with Gasteiger partial charge in [0.25, 0.3) is 0 Å². The normalized spacial score (nSPS) is 12.6. The summed E-state index contributed by atoms with van der Waals surface area (Å²) in [5, 5.41) is 7.96. The first-order valence-electron chi connectivity index (χ1n) is 7.22. The highest BCUT2D eigenvalue weighted by Crippen LogP contribution is 2.29. The highest BCUT2D eigenvalue weighted by Gasteiger charge is 2.18. The van der Waals surface area contributed by atoms with Gasteiger partial charge in [-0.1, -0.05) is 24.6 Å². The molecule has 3 nitrogen and oxygen atoms in total. The third-order valence-electron chi connectivity index (χ3n) is 3.31. The summed E-state index contributed by atoms with van der Waals surface area (Å²) in [7, 11) is 2.00. The van der Waals surface area contributed by atoms with Gasteiger partial charge in [-0.2, -0.15) is 5.10 Å². The van der Waals surface area contributed by atoms with Crippen LogP contribution in [-0.2, 0) is 7.05 Å². The SMILES string of the molecule is CCCNC(CSc1cccc(C)c1)c1c(Br)cnn1C. The number of benzene rings is 1. The van der Waals surface area contributed by atoms with Crippen LogP contribution in [-0.4, -0.2) is 22.1 Å². The molecule has 0 bridgehead atoms. The van der Waals surface area contributed by atoms with Crippen molar-refractivity contribution in [3.63, 3.8) is 0 Å². The second kappa shape index (κ2) is 8.01. The van der Waals surface area contributed by atoms with Crippen LogP contribution in [0.5, 0.6) is 0 Å². The highest BCUT2D eigenvalue weighted by molar-refractivity contribution is 9.10. The summed E-state index contributed by atoms with van der Waals surface area (Å²) < 4.78 is 3.03. The molecule has 5 heteroatoms. The zero-order chi connectivity index (χ0) is 15.2. The van der Waals surface area contributed by atoms with E-state index >= 15 is 0 Å². The zero-order valence-corrected chi connectivity index (χ0v) is 15.2. The minimum atomic E-state index is 0.289. The van der Waals surface area contributed by atoms with Crippen molar-refractivity contribution in [3.8, 4) is 0 Å². The molecule has 1 aromatic carbocycles. The quantitative estimate of drug-likeness (QED) is 0.738. The van der Waals surface area contributed by atoms with Gasteiger partial charge in [0.1, 0.15) is 0 Å². The van der Waals surface area contributed by atoms with Crippen molar-refractivity contribution in [2.75, 3.05) is 12.3 Å². The van der Waals surface area contributed by atoms with Crippen LogP contribution in [0.2, 0.25) is 0 Å². The molecule has 1 atom stereocenters. The average molecular weight is 368 g/mol. The molecule has 0 saturated carbocycles. The molecule has 1 heterocycles. The Morgan fingerprint density at radius 1 is 1.43 bits per heavy atom. The van der Waals surface area contributed by atoms with E-state index in [1.54, 1.807) is 0 Å². The lowest BCUT2D eigenvalue weighted by atomic mass is 10.2. The van der Waals surface area contributed by atoms with Gasteiger partial charge in [-0.05, 0) is 48.0 Å². The number of aromatic nitrogens is 2. The van der Waals surface area contributed by atoms with Crippen molar-refractivity contribution in [1.82, 2.24) is 15.1 Å². The molecule has 0 aliphatic heterocycles. The Morgan fingerprint density at radius 2 is 2.24 bits per heavy atom. The fourth-order valence-corrected chi connectivity index (χ4v) is 3.95. The highest BCUT2D eigenvalue weighted by atomic mass is 79.9. The van der Waals surface area contributed by atoms with Crippen LogP contribution in [0, 0.1) is 6.92 Å². The van der Waals surface area contributed by atoms with E-state index in [2.05, 4.69) is 64.5 Å². The molecule has 114 valence electrons. The van der Waals surface area contributed by atoms with Gasteiger partial charge in [0.05, 0.1) is 22.4 Å². The number of aryl methyl sites for hydroxylation is 2. The lowest BCUT2D eigenvalue weighted by Gasteiger charge is -2.19. The third-order valence-corrected chi connectivity index (χ3v) is 5.01. The monoisotopic (exact) mass is 367 g/mol. The average Bonchev–Trinajstić information content (AvgIpc) is 2.79. The fourth-order valence-electron chi connectivity index (χ4n) is 2.25. The van der Waals surface area contributed by atoms with Crippen molar-refractivity contribution < 1.29 is 0 Å². The minimum Gasteiger partial charge on any atom is -0.308 e. The van der Waals surface area contributed by atoms with Crippen LogP contribution in [0.4, 0.5) is 0 Å². The van der Waals surface area contributed by atoms with E-state index in [1.807, 2.05) is 29.7 Å². The first-order valence-corrected chi connectivity index (χ1v) is 9.00. The van der Waals surface area contributed by atoms with Crippen LogP contribution in [0.25, 0.3) is 0 Å². The maximum absolute atomic E-state index is 4.33. The lowest BCUT2D eigenvalue weighted by molar-refractivity contribution is 0.533.